The third-order valence-corrected chi connectivity index (χ3v) is 6.69. The summed E-state index contributed by atoms with van der Waals surface area (Å²) in [5.74, 6) is 3.60. The predicted octanol–water partition coefficient (Wildman–Crippen LogP) is 3.32. The van der Waals surface area contributed by atoms with Crippen LogP contribution in [0.2, 0.25) is 0 Å². The van der Waals surface area contributed by atoms with Gasteiger partial charge in [-0.1, -0.05) is 0 Å². The maximum Gasteiger partial charge on any atom is 0.230 e. The molecule has 4 bridgehead atoms. The molecule has 5 aliphatic rings. The summed E-state index contributed by atoms with van der Waals surface area (Å²) in [6.45, 7) is 2.37. The van der Waals surface area contributed by atoms with Crippen LogP contribution in [0.3, 0.4) is 0 Å². The van der Waals surface area contributed by atoms with E-state index in [-0.39, 0.29) is 11.3 Å². The van der Waals surface area contributed by atoms with Crippen molar-refractivity contribution in [1.82, 2.24) is 5.32 Å². The molecule has 0 radical (unpaired) electrons. The number of nitrogens with one attached hydrogen (secondary N) is 2. The van der Waals surface area contributed by atoms with Crippen LogP contribution in [0.5, 0.6) is 5.75 Å². The zero-order valence-electron chi connectivity index (χ0n) is 14.1. The standard InChI is InChI=1S/C20H26N2O2/c23-19(20-9-13-5-14(10-20)7-15(6-13)11-20)22-17-1-2-18-16(8-17)12-21-3-4-24-18/h1-2,8,13-15,21H,3-7,9-12H2,(H,22,23). The number of hydrogen-bond donors (Lipinski definition) is 2. The molecule has 0 unspecified atom stereocenters. The van der Waals surface area contributed by atoms with E-state index in [2.05, 4.69) is 16.7 Å². The van der Waals surface area contributed by atoms with Crippen molar-refractivity contribution in [3.8, 4) is 5.75 Å². The average Bonchev–Trinajstić information content (AvgIpc) is 2.78. The first kappa shape index (κ1) is 14.8. The number of anilines is 1. The van der Waals surface area contributed by atoms with Crippen molar-refractivity contribution in [3.05, 3.63) is 23.8 Å². The summed E-state index contributed by atoms with van der Waals surface area (Å²) < 4.78 is 5.73. The van der Waals surface area contributed by atoms with Gasteiger partial charge in [0.05, 0.1) is 5.41 Å². The van der Waals surface area contributed by atoms with Crippen LogP contribution in [-0.2, 0) is 11.3 Å². The van der Waals surface area contributed by atoms with E-state index in [9.17, 15) is 4.79 Å². The Morgan fingerprint density at radius 3 is 2.54 bits per heavy atom. The first-order chi connectivity index (χ1) is 11.7. The Kier molecular flexibility index (Phi) is 3.37. The molecule has 1 aromatic carbocycles. The minimum Gasteiger partial charge on any atom is -0.492 e. The molecule has 1 heterocycles. The molecule has 24 heavy (non-hydrogen) atoms. The second-order valence-electron chi connectivity index (χ2n) is 8.50. The summed E-state index contributed by atoms with van der Waals surface area (Å²) in [6.07, 6.45) is 7.44. The molecule has 4 nitrogen and oxygen atoms in total. The quantitative estimate of drug-likeness (QED) is 0.876. The summed E-state index contributed by atoms with van der Waals surface area (Å²) in [7, 11) is 0. The van der Waals surface area contributed by atoms with E-state index in [1.54, 1.807) is 0 Å². The number of fused-ring (bicyclic) bond motifs is 1. The van der Waals surface area contributed by atoms with Gasteiger partial charge in [0.1, 0.15) is 12.4 Å². The lowest BCUT2D eigenvalue weighted by molar-refractivity contribution is -0.140. The molecular formula is C20H26N2O2. The number of carbonyl (C=O) groups excluding carboxylic acids is 1. The van der Waals surface area contributed by atoms with Crippen LogP contribution in [0.4, 0.5) is 5.69 Å². The van der Waals surface area contributed by atoms with Crippen LogP contribution in [-0.4, -0.2) is 19.1 Å². The molecule has 4 heteroatoms. The second kappa shape index (κ2) is 5.48. The number of amides is 1. The van der Waals surface area contributed by atoms with Gasteiger partial charge in [0.2, 0.25) is 5.91 Å². The number of hydrogen-bond acceptors (Lipinski definition) is 3. The molecule has 4 aliphatic carbocycles. The van der Waals surface area contributed by atoms with Crippen molar-refractivity contribution in [2.24, 2.45) is 23.2 Å². The number of carbonyl (C=O) groups is 1. The molecule has 1 aliphatic heterocycles. The second-order valence-corrected chi connectivity index (χ2v) is 8.50. The van der Waals surface area contributed by atoms with Crippen molar-refractivity contribution < 1.29 is 9.53 Å². The van der Waals surface area contributed by atoms with Crippen LogP contribution in [0.15, 0.2) is 18.2 Å². The molecule has 6 rings (SSSR count). The monoisotopic (exact) mass is 326 g/mol. The highest BCUT2D eigenvalue weighted by Crippen LogP contribution is 2.60. The normalized spacial score (nSPS) is 36.6. The summed E-state index contributed by atoms with van der Waals surface area (Å²) in [4.78, 5) is 13.1. The van der Waals surface area contributed by atoms with Crippen molar-refractivity contribution in [3.63, 3.8) is 0 Å². The Morgan fingerprint density at radius 1 is 1.12 bits per heavy atom. The van der Waals surface area contributed by atoms with Crippen LogP contribution in [0.1, 0.15) is 44.1 Å². The molecule has 4 fully saturated rings. The maximum absolute atomic E-state index is 13.1. The minimum absolute atomic E-state index is 0.0870. The fourth-order valence-corrected chi connectivity index (χ4v) is 6.04. The molecule has 0 aromatic heterocycles. The van der Waals surface area contributed by atoms with Gasteiger partial charge in [0.15, 0.2) is 0 Å². The third kappa shape index (κ3) is 2.43. The number of ether oxygens (including phenoxy) is 1. The van der Waals surface area contributed by atoms with Crippen LogP contribution < -0.4 is 15.4 Å². The lowest BCUT2D eigenvalue weighted by Gasteiger charge is -2.55. The zero-order valence-corrected chi connectivity index (χ0v) is 14.1. The van der Waals surface area contributed by atoms with E-state index in [0.29, 0.717) is 6.61 Å². The van der Waals surface area contributed by atoms with Crippen molar-refractivity contribution >= 4 is 11.6 Å². The van der Waals surface area contributed by atoms with E-state index in [1.807, 2.05) is 12.1 Å². The Hall–Kier alpha value is -1.55. The van der Waals surface area contributed by atoms with Crippen molar-refractivity contribution in [2.75, 3.05) is 18.5 Å². The third-order valence-electron chi connectivity index (χ3n) is 6.69. The summed E-state index contributed by atoms with van der Waals surface area (Å²) in [6, 6.07) is 6.06. The maximum atomic E-state index is 13.1. The van der Waals surface area contributed by atoms with E-state index in [1.165, 1.54) is 19.3 Å². The Bertz CT molecular complexity index is 634. The van der Waals surface area contributed by atoms with Crippen molar-refractivity contribution in [1.29, 1.82) is 0 Å². The number of rotatable bonds is 2. The molecule has 0 saturated heterocycles. The van der Waals surface area contributed by atoms with Gasteiger partial charge in [-0.05, 0) is 74.5 Å². The lowest BCUT2D eigenvalue weighted by atomic mass is 9.49. The average molecular weight is 326 g/mol. The Balaban J connectivity index is 1.36. The zero-order chi connectivity index (χ0) is 16.1. The Labute approximate surface area is 143 Å². The van der Waals surface area contributed by atoms with E-state index < -0.39 is 0 Å². The Morgan fingerprint density at radius 2 is 1.83 bits per heavy atom. The predicted molar refractivity (Wildman–Crippen MR) is 92.9 cm³/mol. The van der Waals surface area contributed by atoms with Gasteiger partial charge in [0.25, 0.3) is 0 Å². The molecule has 4 saturated carbocycles. The van der Waals surface area contributed by atoms with E-state index in [4.69, 9.17) is 4.74 Å². The van der Waals surface area contributed by atoms with Crippen LogP contribution >= 0.6 is 0 Å². The van der Waals surface area contributed by atoms with Crippen LogP contribution in [0.25, 0.3) is 0 Å². The van der Waals surface area contributed by atoms with Gasteiger partial charge in [-0.15, -0.1) is 0 Å². The highest BCUT2D eigenvalue weighted by atomic mass is 16.5. The summed E-state index contributed by atoms with van der Waals surface area (Å²) in [5, 5.41) is 6.60. The van der Waals surface area contributed by atoms with Crippen LogP contribution in [0, 0.1) is 23.2 Å². The first-order valence-corrected chi connectivity index (χ1v) is 9.48. The fourth-order valence-electron chi connectivity index (χ4n) is 6.04. The molecule has 2 N–H and O–H groups in total. The van der Waals surface area contributed by atoms with Gasteiger partial charge < -0.3 is 15.4 Å². The van der Waals surface area contributed by atoms with E-state index in [0.717, 1.165) is 67.1 Å². The summed E-state index contributed by atoms with van der Waals surface area (Å²) >= 11 is 0. The fraction of sp³-hybridized carbons (Fsp3) is 0.650. The van der Waals surface area contributed by atoms with E-state index >= 15 is 0 Å². The molecule has 1 aromatic rings. The SMILES string of the molecule is O=C(Nc1ccc2c(c1)CNCCO2)C12CC3CC(CC(C3)C1)C2. The van der Waals surface area contributed by atoms with Gasteiger partial charge in [-0.3, -0.25) is 4.79 Å². The largest absolute Gasteiger partial charge is 0.492 e. The minimum atomic E-state index is -0.0870. The van der Waals surface area contributed by atoms with Gasteiger partial charge >= 0.3 is 0 Å². The molecule has 0 atom stereocenters. The van der Waals surface area contributed by atoms with Gasteiger partial charge in [-0.25, -0.2) is 0 Å². The number of benzene rings is 1. The van der Waals surface area contributed by atoms with Gasteiger partial charge in [0, 0.05) is 24.3 Å². The molecule has 1 amide bonds. The highest BCUT2D eigenvalue weighted by Gasteiger charge is 2.54. The molecule has 0 spiro atoms. The topological polar surface area (TPSA) is 50.4 Å². The smallest absolute Gasteiger partial charge is 0.230 e. The molecular weight excluding hydrogens is 300 g/mol. The summed E-state index contributed by atoms with van der Waals surface area (Å²) in [5.41, 5.74) is 1.97. The van der Waals surface area contributed by atoms with Crippen molar-refractivity contribution in [2.45, 2.75) is 45.1 Å². The lowest BCUT2D eigenvalue weighted by Crippen LogP contribution is -2.51. The highest BCUT2D eigenvalue weighted by molar-refractivity contribution is 5.95. The first-order valence-electron chi connectivity index (χ1n) is 9.48. The molecule has 128 valence electrons. The van der Waals surface area contributed by atoms with Gasteiger partial charge in [-0.2, -0.15) is 0 Å².